The molecule has 1 aromatic carbocycles. The molecule has 8 heteroatoms. The van der Waals surface area contributed by atoms with Gasteiger partial charge in [0, 0.05) is 31.4 Å². The second kappa shape index (κ2) is 9.55. The molecule has 0 radical (unpaired) electrons. The summed E-state index contributed by atoms with van der Waals surface area (Å²) in [5.41, 5.74) is 3.17. The minimum absolute atomic E-state index is 0.183. The SMILES string of the molecule is Cc1ccc(C=Cc2nc3sc(C(=O)OCCN4CCOCC4)cn3c(=O)c2C)cc1. The Morgan fingerprint density at radius 1 is 1.19 bits per heavy atom. The lowest BCUT2D eigenvalue weighted by Crippen LogP contribution is -2.38. The van der Waals surface area contributed by atoms with E-state index < -0.39 is 5.97 Å². The molecule has 0 atom stereocenters. The number of aryl methyl sites for hydroxylation is 1. The van der Waals surface area contributed by atoms with Crippen LogP contribution >= 0.6 is 11.3 Å². The number of aromatic nitrogens is 2. The highest BCUT2D eigenvalue weighted by Gasteiger charge is 2.17. The van der Waals surface area contributed by atoms with Crippen LogP contribution < -0.4 is 5.56 Å². The summed E-state index contributed by atoms with van der Waals surface area (Å²) in [6.07, 6.45) is 5.29. The summed E-state index contributed by atoms with van der Waals surface area (Å²) in [6.45, 7) is 7.86. The highest BCUT2D eigenvalue weighted by molar-refractivity contribution is 7.18. The van der Waals surface area contributed by atoms with Gasteiger partial charge in [0.15, 0.2) is 4.96 Å². The average Bonchev–Trinajstić information content (AvgIpc) is 3.21. The van der Waals surface area contributed by atoms with E-state index >= 15 is 0 Å². The fourth-order valence-corrected chi connectivity index (χ4v) is 4.19. The molecule has 0 unspecified atom stereocenters. The van der Waals surface area contributed by atoms with Crippen molar-refractivity contribution in [3.63, 3.8) is 0 Å². The smallest absolute Gasteiger partial charge is 0.350 e. The number of rotatable bonds is 6. The molecule has 1 aliphatic rings. The molecule has 3 aromatic rings. The Hall–Kier alpha value is -2.81. The first-order valence-electron chi connectivity index (χ1n) is 10.3. The van der Waals surface area contributed by atoms with E-state index in [0.717, 1.165) is 30.0 Å². The van der Waals surface area contributed by atoms with Crippen LogP contribution in [0.15, 0.2) is 35.3 Å². The number of ether oxygens (including phenoxy) is 2. The molecule has 0 bridgehead atoms. The van der Waals surface area contributed by atoms with Crippen molar-refractivity contribution in [1.29, 1.82) is 0 Å². The molecule has 31 heavy (non-hydrogen) atoms. The molecule has 1 aliphatic heterocycles. The van der Waals surface area contributed by atoms with Crippen LogP contribution in [-0.2, 0) is 9.47 Å². The number of hydrogen-bond acceptors (Lipinski definition) is 7. The van der Waals surface area contributed by atoms with E-state index in [9.17, 15) is 9.59 Å². The fourth-order valence-electron chi connectivity index (χ4n) is 3.32. The second-order valence-corrected chi connectivity index (χ2v) is 8.52. The minimum atomic E-state index is -0.433. The predicted molar refractivity (Wildman–Crippen MR) is 122 cm³/mol. The number of morpholine rings is 1. The van der Waals surface area contributed by atoms with Gasteiger partial charge >= 0.3 is 5.97 Å². The zero-order valence-electron chi connectivity index (χ0n) is 17.7. The number of carbonyl (C=O) groups excluding carboxylic acids is 1. The molecule has 0 amide bonds. The average molecular weight is 440 g/mol. The Balaban J connectivity index is 1.49. The lowest BCUT2D eigenvalue weighted by Gasteiger charge is -2.26. The maximum absolute atomic E-state index is 12.8. The summed E-state index contributed by atoms with van der Waals surface area (Å²) >= 11 is 1.16. The van der Waals surface area contributed by atoms with E-state index in [1.165, 1.54) is 16.2 Å². The van der Waals surface area contributed by atoms with Crippen LogP contribution in [0.5, 0.6) is 0 Å². The predicted octanol–water partition coefficient (Wildman–Crippen LogP) is 3.03. The number of carbonyl (C=O) groups is 1. The van der Waals surface area contributed by atoms with Gasteiger partial charge in [-0.25, -0.2) is 9.78 Å². The van der Waals surface area contributed by atoms with E-state index in [1.807, 2.05) is 43.3 Å². The zero-order valence-corrected chi connectivity index (χ0v) is 18.5. The first-order valence-corrected chi connectivity index (χ1v) is 11.1. The van der Waals surface area contributed by atoms with E-state index in [1.54, 1.807) is 6.92 Å². The Morgan fingerprint density at radius 3 is 2.68 bits per heavy atom. The highest BCUT2D eigenvalue weighted by Crippen LogP contribution is 2.18. The summed E-state index contributed by atoms with van der Waals surface area (Å²) in [4.78, 5) is 32.9. The third kappa shape index (κ3) is 5.10. The summed E-state index contributed by atoms with van der Waals surface area (Å²) in [7, 11) is 0. The van der Waals surface area contributed by atoms with Crippen molar-refractivity contribution in [2.45, 2.75) is 13.8 Å². The molecule has 3 heterocycles. The molecule has 0 aliphatic carbocycles. The van der Waals surface area contributed by atoms with E-state index in [2.05, 4.69) is 9.88 Å². The Labute approximate surface area is 184 Å². The molecule has 0 N–H and O–H groups in total. The summed E-state index contributed by atoms with van der Waals surface area (Å²) < 4.78 is 12.1. The van der Waals surface area contributed by atoms with Crippen LogP contribution in [0.3, 0.4) is 0 Å². The van der Waals surface area contributed by atoms with Crippen molar-refractivity contribution >= 4 is 34.4 Å². The summed E-state index contributed by atoms with van der Waals surface area (Å²) in [5.74, 6) is -0.433. The van der Waals surface area contributed by atoms with Crippen LogP contribution in [0.4, 0.5) is 0 Å². The number of fused-ring (bicyclic) bond motifs is 1. The van der Waals surface area contributed by atoms with Crippen LogP contribution in [0.1, 0.15) is 32.1 Å². The van der Waals surface area contributed by atoms with Crippen molar-refractivity contribution in [3.8, 4) is 0 Å². The van der Waals surface area contributed by atoms with Crippen molar-refractivity contribution in [2.75, 3.05) is 39.5 Å². The van der Waals surface area contributed by atoms with Gasteiger partial charge in [-0.05, 0) is 25.5 Å². The summed E-state index contributed by atoms with van der Waals surface area (Å²) in [5, 5.41) is 0. The molecule has 0 saturated carbocycles. The van der Waals surface area contributed by atoms with Crippen LogP contribution in [0.25, 0.3) is 17.1 Å². The van der Waals surface area contributed by atoms with Gasteiger partial charge in [0.25, 0.3) is 5.56 Å². The molecular formula is C23H25N3O4S. The second-order valence-electron chi connectivity index (χ2n) is 7.51. The lowest BCUT2D eigenvalue weighted by molar-refractivity contribution is 0.0197. The molecule has 2 aromatic heterocycles. The van der Waals surface area contributed by atoms with E-state index in [-0.39, 0.29) is 5.56 Å². The van der Waals surface area contributed by atoms with Crippen LogP contribution in [-0.4, -0.2) is 59.7 Å². The van der Waals surface area contributed by atoms with Crippen LogP contribution in [0.2, 0.25) is 0 Å². The first-order chi connectivity index (χ1) is 15.0. The molecular weight excluding hydrogens is 414 g/mol. The van der Waals surface area contributed by atoms with Crippen molar-refractivity contribution < 1.29 is 14.3 Å². The Kier molecular flexibility index (Phi) is 6.60. The van der Waals surface area contributed by atoms with E-state index in [0.29, 0.717) is 47.5 Å². The molecule has 0 spiro atoms. The molecule has 1 fully saturated rings. The number of thiazole rings is 1. The molecule has 1 saturated heterocycles. The lowest BCUT2D eigenvalue weighted by atomic mass is 10.1. The quantitative estimate of drug-likeness (QED) is 0.550. The number of nitrogens with zero attached hydrogens (tertiary/aromatic N) is 3. The Bertz CT molecular complexity index is 1160. The number of esters is 1. The third-order valence-corrected chi connectivity index (χ3v) is 6.21. The normalized spacial score (nSPS) is 15.0. The zero-order chi connectivity index (χ0) is 21.8. The number of benzene rings is 1. The van der Waals surface area contributed by atoms with E-state index in [4.69, 9.17) is 9.47 Å². The first kappa shape index (κ1) is 21.4. The topological polar surface area (TPSA) is 73.1 Å². The van der Waals surface area contributed by atoms with Gasteiger partial charge in [-0.2, -0.15) is 0 Å². The van der Waals surface area contributed by atoms with Gasteiger partial charge in [-0.1, -0.05) is 47.2 Å². The van der Waals surface area contributed by atoms with Gasteiger partial charge in [0.05, 0.1) is 18.9 Å². The fraction of sp³-hybridized carbons (Fsp3) is 0.348. The largest absolute Gasteiger partial charge is 0.460 e. The third-order valence-electron chi connectivity index (χ3n) is 5.25. The van der Waals surface area contributed by atoms with Gasteiger partial charge in [0.1, 0.15) is 11.5 Å². The standard InChI is InChI=1S/C23H25N3O4S/c1-16-3-5-18(6-4-16)7-8-19-17(2)21(27)26-15-20(31-23(26)24-19)22(28)30-14-11-25-9-12-29-13-10-25/h3-8,15H,9-14H2,1-2H3. The maximum atomic E-state index is 12.8. The molecule has 7 nitrogen and oxygen atoms in total. The van der Waals surface area contributed by atoms with Gasteiger partial charge < -0.3 is 9.47 Å². The highest BCUT2D eigenvalue weighted by atomic mass is 32.1. The monoisotopic (exact) mass is 439 g/mol. The van der Waals surface area contributed by atoms with Crippen molar-refractivity contribution in [3.05, 3.63) is 68.1 Å². The molecule has 4 rings (SSSR count). The van der Waals surface area contributed by atoms with Gasteiger partial charge in [-0.15, -0.1) is 0 Å². The Morgan fingerprint density at radius 2 is 1.94 bits per heavy atom. The van der Waals surface area contributed by atoms with Crippen LogP contribution in [0, 0.1) is 13.8 Å². The maximum Gasteiger partial charge on any atom is 0.350 e. The number of hydrogen-bond donors (Lipinski definition) is 0. The van der Waals surface area contributed by atoms with Gasteiger partial charge in [0.2, 0.25) is 0 Å². The van der Waals surface area contributed by atoms with Crippen molar-refractivity contribution in [2.24, 2.45) is 0 Å². The van der Waals surface area contributed by atoms with Gasteiger partial charge in [-0.3, -0.25) is 14.1 Å². The minimum Gasteiger partial charge on any atom is -0.460 e. The summed E-state index contributed by atoms with van der Waals surface area (Å²) in [6, 6.07) is 8.11. The van der Waals surface area contributed by atoms with Crippen molar-refractivity contribution in [1.82, 2.24) is 14.3 Å². The molecule has 162 valence electrons.